The Balaban J connectivity index is 1.11. The Hall–Kier alpha value is -3.86. The Kier molecular flexibility index (Phi) is 8.19. The number of carbonyl (C=O) groups is 1. The van der Waals surface area contributed by atoms with Gasteiger partial charge in [0.2, 0.25) is 5.91 Å². The van der Waals surface area contributed by atoms with Gasteiger partial charge in [-0.05, 0) is 30.4 Å². The van der Waals surface area contributed by atoms with Gasteiger partial charge in [0.15, 0.2) is 5.52 Å². The lowest BCUT2D eigenvalue weighted by Crippen LogP contribution is -2.49. The fourth-order valence-electron chi connectivity index (χ4n) is 6.02. The first-order valence-electron chi connectivity index (χ1n) is 14.7. The van der Waals surface area contributed by atoms with Gasteiger partial charge < -0.3 is 14.7 Å². The first-order valence-corrected chi connectivity index (χ1v) is 14.7. The molecule has 0 unspecified atom stereocenters. The van der Waals surface area contributed by atoms with Gasteiger partial charge in [0.1, 0.15) is 5.52 Å². The number of morpholine rings is 1. The Morgan fingerprint density at radius 3 is 2.38 bits per heavy atom. The first-order chi connectivity index (χ1) is 20.4. The molecule has 2 aromatic heterocycles. The van der Waals surface area contributed by atoms with Crippen molar-refractivity contribution in [1.82, 2.24) is 29.1 Å². The number of hydrogen-bond acceptors (Lipinski definition) is 7. The highest BCUT2D eigenvalue weighted by atomic mass is 16.5. The Labute approximate surface area is 245 Å². The fourth-order valence-corrected chi connectivity index (χ4v) is 6.02. The normalized spacial score (nSPS) is 17.5. The predicted molar refractivity (Wildman–Crippen MR) is 160 cm³/mol. The summed E-state index contributed by atoms with van der Waals surface area (Å²) in [6.07, 6.45) is 3.46. The summed E-state index contributed by atoms with van der Waals surface area (Å²) < 4.78 is 8.60. The highest BCUT2D eigenvalue weighted by Crippen LogP contribution is 2.27. The largest absolute Gasteiger partial charge is 0.388 e. The number of rotatable bonds is 8. The van der Waals surface area contributed by atoms with Crippen molar-refractivity contribution >= 4 is 16.9 Å². The van der Waals surface area contributed by atoms with Crippen LogP contribution < -0.4 is 5.56 Å². The molecule has 4 aromatic rings. The average Bonchev–Trinajstić information content (AvgIpc) is 3.35. The molecule has 2 aromatic carbocycles. The molecule has 4 heterocycles. The quantitative estimate of drug-likeness (QED) is 0.347. The maximum atomic E-state index is 13.5. The third-order valence-electron chi connectivity index (χ3n) is 8.53. The second kappa shape index (κ2) is 12.2. The van der Waals surface area contributed by atoms with Crippen LogP contribution in [-0.4, -0.2) is 85.1 Å². The van der Waals surface area contributed by atoms with E-state index in [1.165, 1.54) is 16.5 Å². The van der Waals surface area contributed by atoms with Gasteiger partial charge >= 0.3 is 0 Å². The molecule has 0 aliphatic carbocycles. The molecule has 2 fully saturated rings. The van der Waals surface area contributed by atoms with Gasteiger partial charge in [0.25, 0.3) is 5.56 Å². The van der Waals surface area contributed by atoms with Crippen molar-refractivity contribution in [3.8, 4) is 11.3 Å². The molecule has 2 aliphatic heterocycles. The highest BCUT2D eigenvalue weighted by Gasteiger charge is 2.35. The van der Waals surface area contributed by atoms with Gasteiger partial charge in [-0.3, -0.25) is 23.7 Å². The van der Waals surface area contributed by atoms with Crippen molar-refractivity contribution in [2.45, 2.75) is 44.4 Å². The van der Waals surface area contributed by atoms with Gasteiger partial charge in [-0.2, -0.15) is 5.10 Å². The van der Waals surface area contributed by atoms with Crippen LogP contribution in [-0.2, 0) is 36.1 Å². The number of fused-ring (bicyclic) bond motifs is 1. The summed E-state index contributed by atoms with van der Waals surface area (Å²) in [5, 5.41) is 15.9. The molecule has 1 N–H and O–H groups in total. The number of piperidine rings is 1. The lowest BCUT2D eigenvalue weighted by atomic mass is 9.91. The van der Waals surface area contributed by atoms with Crippen LogP contribution in [0.15, 0.2) is 65.7 Å². The van der Waals surface area contributed by atoms with Crippen LogP contribution in [0.25, 0.3) is 22.3 Å². The van der Waals surface area contributed by atoms with Gasteiger partial charge in [0.05, 0.1) is 37.4 Å². The van der Waals surface area contributed by atoms with Crippen LogP contribution in [0, 0.1) is 0 Å². The van der Waals surface area contributed by atoms with Crippen molar-refractivity contribution in [2.75, 3.05) is 39.4 Å². The van der Waals surface area contributed by atoms with Crippen LogP contribution in [0.1, 0.15) is 30.4 Å². The average molecular weight is 571 g/mol. The van der Waals surface area contributed by atoms with Gasteiger partial charge in [-0.15, -0.1) is 0 Å². The molecule has 10 heteroatoms. The van der Waals surface area contributed by atoms with Crippen LogP contribution in [0.3, 0.4) is 0 Å². The van der Waals surface area contributed by atoms with E-state index >= 15 is 0 Å². The van der Waals surface area contributed by atoms with E-state index in [1.54, 1.807) is 4.68 Å². The number of benzene rings is 2. The number of aliphatic hydroxyl groups is 1. The third kappa shape index (κ3) is 6.16. The topological polar surface area (TPSA) is 106 Å². The molecule has 6 rings (SSSR count). The lowest BCUT2D eigenvalue weighted by Gasteiger charge is -2.38. The van der Waals surface area contributed by atoms with E-state index in [0.717, 1.165) is 49.7 Å². The van der Waals surface area contributed by atoms with E-state index in [4.69, 9.17) is 4.74 Å². The van der Waals surface area contributed by atoms with E-state index in [-0.39, 0.29) is 23.5 Å². The number of nitrogens with zero attached hydrogens (tertiary/aromatic N) is 6. The summed E-state index contributed by atoms with van der Waals surface area (Å²) >= 11 is 0. The summed E-state index contributed by atoms with van der Waals surface area (Å²) in [5.41, 5.74) is 3.55. The van der Waals surface area contributed by atoms with Crippen LogP contribution >= 0.6 is 0 Å². The highest BCUT2D eigenvalue weighted by molar-refractivity contribution is 5.89. The van der Waals surface area contributed by atoms with Gasteiger partial charge in [-0.1, -0.05) is 54.6 Å². The molecule has 0 spiro atoms. The van der Waals surface area contributed by atoms with Crippen LogP contribution in [0.4, 0.5) is 0 Å². The van der Waals surface area contributed by atoms with Crippen molar-refractivity contribution in [3.05, 3.63) is 82.4 Å². The van der Waals surface area contributed by atoms with Crippen molar-refractivity contribution < 1.29 is 14.6 Å². The minimum atomic E-state index is -1.09. The maximum absolute atomic E-state index is 13.5. The van der Waals surface area contributed by atoms with E-state index in [0.29, 0.717) is 44.3 Å². The molecule has 0 saturated carbocycles. The number of ether oxygens (including phenoxy) is 1. The summed E-state index contributed by atoms with van der Waals surface area (Å²) in [4.78, 5) is 35.1. The third-order valence-corrected chi connectivity index (χ3v) is 8.53. The maximum Gasteiger partial charge on any atom is 0.281 e. The van der Waals surface area contributed by atoms with Crippen molar-refractivity contribution in [2.24, 2.45) is 7.05 Å². The zero-order valence-corrected chi connectivity index (χ0v) is 24.1. The summed E-state index contributed by atoms with van der Waals surface area (Å²) in [5.74, 6) is 0.0938. The van der Waals surface area contributed by atoms with Gasteiger partial charge in [-0.25, -0.2) is 4.98 Å². The number of aromatic nitrogens is 4. The van der Waals surface area contributed by atoms with E-state index in [9.17, 15) is 14.7 Å². The SMILES string of the molecule is Cn1nc2c(=O)n(CC3(O)CCN(C(=O)CCc4ccccc4)CC3)cnc2c1-c1ccc(CN2CCOCC2)cc1. The molecule has 1 amide bonds. The second-order valence-electron chi connectivity index (χ2n) is 11.5. The van der Waals surface area contributed by atoms with E-state index in [1.807, 2.05) is 42.3 Å². The number of aryl methyl sites for hydroxylation is 2. The number of amides is 1. The fraction of sp³-hybridized carbons (Fsp3) is 0.438. The zero-order chi connectivity index (χ0) is 29.1. The minimum Gasteiger partial charge on any atom is -0.388 e. The van der Waals surface area contributed by atoms with Gasteiger partial charge in [0, 0.05) is 51.8 Å². The number of carbonyl (C=O) groups excluding carboxylic acids is 1. The molecule has 2 saturated heterocycles. The molecular formula is C32H38N6O4. The lowest BCUT2D eigenvalue weighted by molar-refractivity contribution is -0.135. The number of likely N-dealkylation sites (tertiary alicyclic amines) is 1. The van der Waals surface area contributed by atoms with Crippen LogP contribution in [0.2, 0.25) is 0 Å². The Bertz CT molecular complexity index is 1580. The summed E-state index contributed by atoms with van der Waals surface area (Å²) in [6, 6.07) is 18.3. The standard InChI is InChI=1S/C32H38N6O4/c1-35-30(26-10-7-25(8-11-26)21-36-17-19-42-20-18-36)28-29(34-35)31(40)38(23-33-28)22-32(41)13-15-37(16-14-32)27(39)12-9-24-5-3-2-4-6-24/h2-8,10-11,23,41H,9,12-22H2,1H3. The second-order valence-corrected chi connectivity index (χ2v) is 11.5. The molecule has 0 bridgehead atoms. The summed E-state index contributed by atoms with van der Waals surface area (Å²) in [6.45, 7) is 5.33. The molecular weight excluding hydrogens is 532 g/mol. The van der Waals surface area contributed by atoms with E-state index in [2.05, 4.69) is 39.2 Å². The molecule has 10 nitrogen and oxygen atoms in total. The number of hydrogen-bond donors (Lipinski definition) is 1. The molecule has 0 atom stereocenters. The molecule has 2 aliphatic rings. The minimum absolute atomic E-state index is 0.0938. The first kappa shape index (κ1) is 28.3. The van der Waals surface area contributed by atoms with Crippen molar-refractivity contribution in [1.29, 1.82) is 0 Å². The van der Waals surface area contributed by atoms with Crippen molar-refractivity contribution in [3.63, 3.8) is 0 Å². The molecule has 220 valence electrons. The molecule has 0 radical (unpaired) electrons. The van der Waals surface area contributed by atoms with E-state index < -0.39 is 5.60 Å². The Morgan fingerprint density at radius 2 is 1.67 bits per heavy atom. The monoisotopic (exact) mass is 570 g/mol. The smallest absolute Gasteiger partial charge is 0.281 e. The summed E-state index contributed by atoms with van der Waals surface area (Å²) in [7, 11) is 1.82. The molecule has 42 heavy (non-hydrogen) atoms. The predicted octanol–water partition coefficient (Wildman–Crippen LogP) is 2.62. The Morgan fingerprint density at radius 1 is 0.952 bits per heavy atom. The zero-order valence-electron chi connectivity index (χ0n) is 24.1. The van der Waals surface area contributed by atoms with Crippen LogP contribution in [0.5, 0.6) is 0 Å².